The van der Waals surface area contributed by atoms with Gasteiger partial charge in [-0.25, -0.2) is 4.98 Å². The molecule has 1 aromatic heterocycles. The highest BCUT2D eigenvalue weighted by Crippen LogP contribution is 2.33. The van der Waals surface area contributed by atoms with Crippen LogP contribution < -0.4 is 10.2 Å². The molecule has 1 aromatic rings. The van der Waals surface area contributed by atoms with Crippen molar-refractivity contribution in [3.8, 4) is 0 Å². The highest BCUT2D eigenvalue weighted by Gasteiger charge is 2.27. The van der Waals surface area contributed by atoms with E-state index in [0.29, 0.717) is 11.3 Å². The van der Waals surface area contributed by atoms with Gasteiger partial charge in [0.05, 0.1) is 5.69 Å². The van der Waals surface area contributed by atoms with Crippen LogP contribution in [0.5, 0.6) is 0 Å². The second-order valence-electron chi connectivity index (χ2n) is 4.55. The number of thiazole rings is 1. The van der Waals surface area contributed by atoms with Crippen molar-refractivity contribution in [3.05, 3.63) is 10.6 Å². The lowest BCUT2D eigenvalue weighted by molar-refractivity contribution is 0.625. The largest absolute Gasteiger partial charge is 0.343 e. The van der Waals surface area contributed by atoms with Crippen LogP contribution in [0.1, 0.15) is 24.4 Å². The van der Waals surface area contributed by atoms with E-state index in [4.69, 9.17) is 4.98 Å². The molecule has 0 aliphatic carbocycles. The molecule has 0 spiro atoms. The third-order valence-corrected chi connectivity index (χ3v) is 5.88. The van der Waals surface area contributed by atoms with Gasteiger partial charge in [0.25, 0.3) is 0 Å². The number of nitrogens with one attached hydrogen (secondary N) is 1. The Morgan fingerprint density at radius 1 is 1.47 bits per heavy atom. The van der Waals surface area contributed by atoms with E-state index >= 15 is 0 Å². The molecule has 1 aliphatic heterocycles. The van der Waals surface area contributed by atoms with Gasteiger partial charge in [0.1, 0.15) is 0 Å². The molecule has 1 aliphatic rings. The van der Waals surface area contributed by atoms with E-state index in [1.807, 2.05) is 18.4 Å². The summed E-state index contributed by atoms with van der Waals surface area (Å²) >= 11 is 3.91. The van der Waals surface area contributed by atoms with Gasteiger partial charge in [0.2, 0.25) is 0 Å². The second-order valence-corrected chi connectivity index (χ2v) is 7.09. The molecule has 2 rings (SSSR count). The predicted molar refractivity (Wildman–Crippen MR) is 78.3 cm³/mol. The van der Waals surface area contributed by atoms with Crippen molar-refractivity contribution >= 4 is 28.2 Å². The third kappa shape index (κ3) is 2.77. The van der Waals surface area contributed by atoms with Crippen LogP contribution in [0.4, 0.5) is 5.13 Å². The zero-order chi connectivity index (χ0) is 12.4. The Morgan fingerprint density at radius 2 is 2.24 bits per heavy atom. The SMILES string of the molecule is CNCc1sc(N2CCSC(C)C2C)nc1C. The molecule has 3 nitrogen and oxygen atoms in total. The first-order valence-corrected chi connectivity index (χ1v) is 7.99. The molecule has 1 N–H and O–H groups in total. The van der Waals surface area contributed by atoms with Gasteiger partial charge in [-0.3, -0.25) is 0 Å². The van der Waals surface area contributed by atoms with E-state index in [-0.39, 0.29) is 0 Å². The third-order valence-electron chi connectivity index (χ3n) is 3.35. The fourth-order valence-corrected chi connectivity index (χ4v) is 4.35. The highest BCUT2D eigenvalue weighted by atomic mass is 32.2. The first-order valence-electron chi connectivity index (χ1n) is 6.12. The molecular formula is C12H21N3S2. The van der Waals surface area contributed by atoms with Crippen LogP contribution in [0.15, 0.2) is 0 Å². The van der Waals surface area contributed by atoms with Crippen LogP contribution in [0.25, 0.3) is 0 Å². The van der Waals surface area contributed by atoms with E-state index in [2.05, 4.69) is 42.7 Å². The molecule has 2 atom stereocenters. The average Bonchev–Trinajstić information content (AvgIpc) is 2.65. The van der Waals surface area contributed by atoms with Gasteiger partial charge in [-0.05, 0) is 20.9 Å². The maximum atomic E-state index is 4.73. The Balaban J connectivity index is 2.18. The van der Waals surface area contributed by atoms with Crippen molar-refractivity contribution in [1.82, 2.24) is 10.3 Å². The van der Waals surface area contributed by atoms with Crippen LogP contribution in [0.2, 0.25) is 0 Å². The zero-order valence-corrected chi connectivity index (χ0v) is 12.6. The van der Waals surface area contributed by atoms with E-state index in [1.54, 1.807) is 0 Å². The van der Waals surface area contributed by atoms with Crippen LogP contribution in [-0.4, -0.2) is 35.6 Å². The van der Waals surface area contributed by atoms with Crippen molar-refractivity contribution in [2.75, 3.05) is 24.2 Å². The Labute approximate surface area is 112 Å². The fourth-order valence-electron chi connectivity index (χ4n) is 2.06. The molecule has 1 fully saturated rings. The van der Waals surface area contributed by atoms with E-state index in [9.17, 15) is 0 Å². The predicted octanol–water partition coefficient (Wildman–Crippen LogP) is 2.50. The molecule has 0 bridgehead atoms. The van der Waals surface area contributed by atoms with Crippen molar-refractivity contribution in [3.63, 3.8) is 0 Å². The standard InChI is InChI=1S/C12H21N3S2/c1-8-11(7-13-4)17-12(14-8)15-5-6-16-10(3)9(15)2/h9-10,13H,5-7H2,1-4H3. The number of thioether (sulfide) groups is 1. The average molecular weight is 271 g/mol. The molecular weight excluding hydrogens is 250 g/mol. The number of hydrogen-bond acceptors (Lipinski definition) is 5. The number of anilines is 1. The Bertz CT molecular complexity index is 378. The summed E-state index contributed by atoms with van der Waals surface area (Å²) in [6.45, 7) is 8.79. The maximum absolute atomic E-state index is 4.73. The fraction of sp³-hybridized carbons (Fsp3) is 0.750. The molecule has 2 unspecified atom stereocenters. The Morgan fingerprint density at radius 3 is 2.94 bits per heavy atom. The number of aryl methyl sites for hydroxylation is 1. The highest BCUT2D eigenvalue weighted by molar-refractivity contribution is 8.00. The van der Waals surface area contributed by atoms with Crippen LogP contribution in [0.3, 0.4) is 0 Å². The van der Waals surface area contributed by atoms with Crippen LogP contribution in [-0.2, 0) is 6.54 Å². The first-order chi connectivity index (χ1) is 8.13. The summed E-state index contributed by atoms with van der Waals surface area (Å²) in [5.41, 5.74) is 1.18. The Hall–Kier alpha value is -0.260. The van der Waals surface area contributed by atoms with Crippen molar-refractivity contribution < 1.29 is 0 Å². The minimum Gasteiger partial charge on any atom is -0.343 e. The van der Waals surface area contributed by atoms with Crippen molar-refractivity contribution in [2.45, 2.75) is 38.6 Å². The summed E-state index contributed by atoms with van der Waals surface area (Å²) in [7, 11) is 1.99. The molecule has 5 heteroatoms. The molecule has 0 saturated carbocycles. The smallest absolute Gasteiger partial charge is 0.186 e. The van der Waals surface area contributed by atoms with Crippen molar-refractivity contribution in [2.24, 2.45) is 0 Å². The summed E-state index contributed by atoms with van der Waals surface area (Å²) in [4.78, 5) is 8.56. The van der Waals surface area contributed by atoms with Gasteiger partial charge in [-0.2, -0.15) is 11.8 Å². The topological polar surface area (TPSA) is 28.2 Å². The molecule has 17 heavy (non-hydrogen) atoms. The number of aromatic nitrogens is 1. The monoisotopic (exact) mass is 271 g/mol. The first kappa shape index (κ1) is 13.2. The Kier molecular flexibility index (Phi) is 4.33. The van der Waals surface area contributed by atoms with Crippen LogP contribution in [0, 0.1) is 6.92 Å². The van der Waals surface area contributed by atoms with Crippen molar-refractivity contribution in [1.29, 1.82) is 0 Å². The number of nitrogens with zero attached hydrogens (tertiary/aromatic N) is 2. The van der Waals surface area contributed by atoms with Gasteiger partial charge < -0.3 is 10.2 Å². The van der Waals surface area contributed by atoms with E-state index < -0.39 is 0 Å². The lowest BCUT2D eigenvalue weighted by atomic mass is 10.2. The molecule has 2 heterocycles. The van der Waals surface area contributed by atoms with Gasteiger partial charge in [-0.15, -0.1) is 11.3 Å². The van der Waals surface area contributed by atoms with Crippen LogP contribution >= 0.6 is 23.1 Å². The minimum absolute atomic E-state index is 0.585. The summed E-state index contributed by atoms with van der Waals surface area (Å²) < 4.78 is 0. The lowest BCUT2D eigenvalue weighted by Gasteiger charge is -2.37. The number of hydrogen-bond donors (Lipinski definition) is 1. The van der Waals surface area contributed by atoms with Gasteiger partial charge >= 0.3 is 0 Å². The molecule has 96 valence electrons. The molecule has 0 aromatic carbocycles. The van der Waals surface area contributed by atoms with Gasteiger partial charge in [0, 0.05) is 35.0 Å². The summed E-state index contributed by atoms with van der Waals surface area (Å²) in [6, 6.07) is 0.585. The van der Waals surface area contributed by atoms with E-state index in [0.717, 1.165) is 13.1 Å². The lowest BCUT2D eigenvalue weighted by Crippen LogP contribution is -2.44. The molecule has 0 radical (unpaired) electrons. The summed E-state index contributed by atoms with van der Waals surface area (Å²) in [5.74, 6) is 1.21. The van der Waals surface area contributed by atoms with E-state index in [1.165, 1.54) is 21.5 Å². The molecule has 0 amide bonds. The minimum atomic E-state index is 0.585. The quantitative estimate of drug-likeness (QED) is 0.914. The molecule has 1 saturated heterocycles. The normalized spacial score (nSPS) is 25.3. The second kappa shape index (κ2) is 5.59. The number of rotatable bonds is 3. The summed E-state index contributed by atoms with van der Waals surface area (Å²) in [6.07, 6.45) is 0. The van der Waals surface area contributed by atoms with Gasteiger partial charge in [-0.1, -0.05) is 6.92 Å². The summed E-state index contributed by atoms with van der Waals surface area (Å²) in [5, 5.41) is 5.11. The maximum Gasteiger partial charge on any atom is 0.186 e. The van der Waals surface area contributed by atoms with Gasteiger partial charge in [0.15, 0.2) is 5.13 Å². The zero-order valence-electron chi connectivity index (χ0n) is 11.0.